The first-order valence-corrected chi connectivity index (χ1v) is 9.70. The molecule has 0 saturated heterocycles. The molecule has 1 aromatic carbocycles. The number of methoxy groups -OCH3 is 2. The number of benzene rings is 1. The minimum absolute atomic E-state index is 0.235. The second-order valence-corrected chi connectivity index (χ2v) is 7.41. The number of nitrogens with one attached hydrogen (secondary N) is 1. The summed E-state index contributed by atoms with van der Waals surface area (Å²) in [5, 5.41) is 7.95. The van der Waals surface area contributed by atoms with E-state index in [0.29, 0.717) is 29.3 Å². The molecule has 1 N–H and O–H groups in total. The molecule has 4 rings (SSSR count). The van der Waals surface area contributed by atoms with Crippen LogP contribution in [0.25, 0.3) is 20.8 Å². The van der Waals surface area contributed by atoms with E-state index in [2.05, 4.69) is 15.5 Å². The zero-order valence-electron chi connectivity index (χ0n) is 16.2. The number of amides is 1. The van der Waals surface area contributed by atoms with Gasteiger partial charge in [-0.25, -0.2) is 4.98 Å². The summed E-state index contributed by atoms with van der Waals surface area (Å²) in [7, 11) is 3.23. The second kappa shape index (κ2) is 8.02. The molecule has 148 valence electrons. The highest BCUT2D eigenvalue weighted by atomic mass is 32.1. The zero-order chi connectivity index (χ0) is 20.4. The summed E-state index contributed by atoms with van der Waals surface area (Å²) in [5.41, 5.74) is 3.64. The number of hydrogen-bond acceptors (Lipinski definition) is 7. The molecule has 29 heavy (non-hydrogen) atoms. The SMILES string of the molecule is COCc1cc(C)nc2sc(-c3ccon3)c(NC(=O)c3ccc(OC)cc3)c12. The second-order valence-electron chi connectivity index (χ2n) is 6.41. The summed E-state index contributed by atoms with van der Waals surface area (Å²) in [5.74, 6) is 0.453. The number of ether oxygens (including phenoxy) is 2. The monoisotopic (exact) mass is 409 g/mol. The van der Waals surface area contributed by atoms with E-state index in [4.69, 9.17) is 14.0 Å². The van der Waals surface area contributed by atoms with E-state index in [0.717, 1.165) is 26.4 Å². The van der Waals surface area contributed by atoms with Crippen molar-refractivity contribution in [1.29, 1.82) is 0 Å². The lowest BCUT2D eigenvalue weighted by Gasteiger charge is -2.10. The zero-order valence-corrected chi connectivity index (χ0v) is 17.0. The highest BCUT2D eigenvalue weighted by molar-refractivity contribution is 7.22. The first-order valence-electron chi connectivity index (χ1n) is 8.89. The molecule has 0 atom stereocenters. The Bertz CT molecular complexity index is 1150. The van der Waals surface area contributed by atoms with Crippen molar-refractivity contribution in [2.75, 3.05) is 19.5 Å². The van der Waals surface area contributed by atoms with E-state index in [1.54, 1.807) is 44.6 Å². The molecule has 0 aliphatic carbocycles. The van der Waals surface area contributed by atoms with Gasteiger partial charge in [0.2, 0.25) is 0 Å². The number of hydrogen-bond donors (Lipinski definition) is 1. The number of carbonyl (C=O) groups is 1. The average molecular weight is 409 g/mol. The molecule has 3 heterocycles. The van der Waals surface area contributed by atoms with Crippen LogP contribution in [-0.2, 0) is 11.3 Å². The third-order valence-electron chi connectivity index (χ3n) is 4.43. The quantitative estimate of drug-likeness (QED) is 0.498. The lowest BCUT2D eigenvalue weighted by Crippen LogP contribution is -2.12. The number of nitrogens with zero attached hydrogens (tertiary/aromatic N) is 2. The van der Waals surface area contributed by atoms with Crippen molar-refractivity contribution in [2.24, 2.45) is 0 Å². The topological polar surface area (TPSA) is 86.5 Å². The molecule has 8 heteroatoms. The molecule has 0 spiro atoms. The standard InChI is InChI=1S/C21H19N3O4S/c1-12-10-14(11-26-2)17-18(19(29-21(17)22-12)16-8-9-28-24-16)23-20(25)13-4-6-15(27-3)7-5-13/h4-10H,11H2,1-3H3,(H,23,25). The molecule has 0 aliphatic rings. The molecule has 0 unspecified atom stereocenters. The maximum Gasteiger partial charge on any atom is 0.255 e. The molecular weight excluding hydrogens is 390 g/mol. The van der Waals surface area contributed by atoms with Gasteiger partial charge in [-0.15, -0.1) is 11.3 Å². The van der Waals surface area contributed by atoms with Gasteiger partial charge in [0.1, 0.15) is 22.5 Å². The number of aryl methyl sites for hydroxylation is 1. The number of pyridine rings is 1. The molecule has 0 aliphatic heterocycles. The molecular formula is C21H19N3O4S. The van der Waals surface area contributed by atoms with Gasteiger partial charge in [-0.1, -0.05) is 5.16 Å². The van der Waals surface area contributed by atoms with Crippen LogP contribution < -0.4 is 10.1 Å². The van der Waals surface area contributed by atoms with Crippen LogP contribution in [0.5, 0.6) is 5.75 Å². The Kier molecular flexibility index (Phi) is 5.28. The summed E-state index contributed by atoms with van der Waals surface area (Å²) in [4.78, 5) is 19.2. The van der Waals surface area contributed by atoms with Crippen molar-refractivity contribution in [3.63, 3.8) is 0 Å². The summed E-state index contributed by atoms with van der Waals surface area (Å²) in [6, 6.07) is 10.7. The predicted molar refractivity (Wildman–Crippen MR) is 112 cm³/mol. The summed E-state index contributed by atoms with van der Waals surface area (Å²) >= 11 is 1.46. The molecule has 0 bridgehead atoms. The van der Waals surface area contributed by atoms with Gasteiger partial charge in [-0.05, 0) is 42.8 Å². The Morgan fingerprint density at radius 2 is 2.00 bits per heavy atom. The Balaban J connectivity index is 1.84. The van der Waals surface area contributed by atoms with Crippen LogP contribution in [0.3, 0.4) is 0 Å². The van der Waals surface area contributed by atoms with E-state index in [1.807, 2.05) is 13.0 Å². The molecule has 0 radical (unpaired) electrons. The Morgan fingerprint density at radius 3 is 2.66 bits per heavy atom. The highest BCUT2D eigenvalue weighted by Gasteiger charge is 2.22. The maximum atomic E-state index is 13.0. The normalized spacial score (nSPS) is 11.0. The van der Waals surface area contributed by atoms with Crippen LogP contribution in [0.2, 0.25) is 0 Å². The Hall–Kier alpha value is -3.23. The fraction of sp³-hybridized carbons (Fsp3) is 0.190. The van der Waals surface area contributed by atoms with Gasteiger partial charge >= 0.3 is 0 Å². The maximum absolute atomic E-state index is 13.0. The minimum Gasteiger partial charge on any atom is -0.497 e. The largest absolute Gasteiger partial charge is 0.497 e. The smallest absolute Gasteiger partial charge is 0.255 e. The predicted octanol–water partition coefficient (Wildman–Crippen LogP) is 4.67. The summed E-state index contributed by atoms with van der Waals surface area (Å²) in [6.45, 7) is 2.34. The van der Waals surface area contributed by atoms with Crippen molar-refractivity contribution >= 4 is 33.1 Å². The van der Waals surface area contributed by atoms with Crippen LogP contribution in [-0.4, -0.2) is 30.3 Å². The molecule has 3 aromatic heterocycles. The first kappa shape index (κ1) is 19.1. The number of fused-ring (bicyclic) bond motifs is 1. The molecule has 4 aromatic rings. The summed E-state index contributed by atoms with van der Waals surface area (Å²) < 4.78 is 15.6. The van der Waals surface area contributed by atoms with E-state index in [9.17, 15) is 4.79 Å². The average Bonchev–Trinajstić information content (AvgIpc) is 3.36. The van der Waals surface area contributed by atoms with E-state index in [1.165, 1.54) is 17.6 Å². The first-order chi connectivity index (χ1) is 14.1. The van der Waals surface area contributed by atoms with Gasteiger partial charge in [-0.3, -0.25) is 4.79 Å². The van der Waals surface area contributed by atoms with Gasteiger partial charge in [0.05, 0.1) is 24.3 Å². The number of rotatable bonds is 6. The lowest BCUT2D eigenvalue weighted by molar-refractivity contribution is 0.102. The molecule has 0 saturated carbocycles. The Morgan fingerprint density at radius 1 is 1.21 bits per heavy atom. The minimum atomic E-state index is -0.235. The fourth-order valence-corrected chi connectivity index (χ4v) is 4.32. The van der Waals surface area contributed by atoms with Gasteiger partial charge in [0.25, 0.3) is 5.91 Å². The van der Waals surface area contributed by atoms with Crippen molar-refractivity contribution in [3.05, 3.63) is 59.5 Å². The number of thiophene rings is 1. The molecule has 7 nitrogen and oxygen atoms in total. The lowest BCUT2D eigenvalue weighted by atomic mass is 10.1. The Labute approximate surface area is 171 Å². The van der Waals surface area contributed by atoms with E-state index >= 15 is 0 Å². The van der Waals surface area contributed by atoms with Gasteiger partial charge in [0.15, 0.2) is 0 Å². The number of anilines is 1. The molecule has 0 fully saturated rings. The third kappa shape index (κ3) is 3.72. The van der Waals surface area contributed by atoms with Crippen LogP contribution in [0, 0.1) is 6.92 Å². The van der Waals surface area contributed by atoms with Crippen LogP contribution >= 0.6 is 11.3 Å². The molecule has 1 amide bonds. The van der Waals surface area contributed by atoms with Crippen LogP contribution in [0.4, 0.5) is 5.69 Å². The number of carbonyl (C=O) groups excluding carboxylic acids is 1. The highest BCUT2D eigenvalue weighted by Crippen LogP contribution is 2.43. The van der Waals surface area contributed by atoms with Crippen molar-refractivity contribution in [1.82, 2.24) is 10.1 Å². The van der Waals surface area contributed by atoms with Crippen LogP contribution in [0.1, 0.15) is 21.6 Å². The van der Waals surface area contributed by atoms with Gasteiger partial charge in [-0.2, -0.15) is 0 Å². The van der Waals surface area contributed by atoms with Crippen molar-refractivity contribution in [2.45, 2.75) is 13.5 Å². The van der Waals surface area contributed by atoms with Crippen LogP contribution in [0.15, 0.2) is 47.2 Å². The fourth-order valence-electron chi connectivity index (χ4n) is 3.14. The van der Waals surface area contributed by atoms with Gasteiger partial charge in [0, 0.05) is 29.8 Å². The summed E-state index contributed by atoms with van der Waals surface area (Å²) in [6.07, 6.45) is 1.50. The van der Waals surface area contributed by atoms with E-state index < -0.39 is 0 Å². The van der Waals surface area contributed by atoms with Crippen molar-refractivity contribution in [3.8, 4) is 16.3 Å². The van der Waals surface area contributed by atoms with Gasteiger partial charge < -0.3 is 19.3 Å². The third-order valence-corrected chi connectivity index (χ3v) is 5.54. The van der Waals surface area contributed by atoms with Crippen molar-refractivity contribution < 1.29 is 18.8 Å². The number of aromatic nitrogens is 2. The van der Waals surface area contributed by atoms with E-state index in [-0.39, 0.29) is 5.91 Å².